The van der Waals surface area contributed by atoms with E-state index in [1.54, 1.807) is 18.9 Å². The Morgan fingerprint density at radius 3 is 2.58 bits per heavy atom. The number of hydrogen-bond donors (Lipinski definition) is 1. The van der Waals surface area contributed by atoms with Gasteiger partial charge in [0, 0.05) is 25.6 Å². The van der Waals surface area contributed by atoms with Crippen LogP contribution in [0.2, 0.25) is 0 Å². The number of likely N-dealkylation sites (tertiary alicyclic amines) is 1. The van der Waals surface area contributed by atoms with E-state index < -0.39 is 5.97 Å². The topological polar surface area (TPSA) is 80.0 Å². The number of benzene rings is 1. The zero-order chi connectivity index (χ0) is 18.7. The van der Waals surface area contributed by atoms with Crippen molar-refractivity contribution < 1.29 is 23.8 Å². The summed E-state index contributed by atoms with van der Waals surface area (Å²) >= 11 is 0. The first-order valence-electron chi connectivity index (χ1n) is 8.82. The predicted molar refractivity (Wildman–Crippen MR) is 95.9 cm³/mol. The van der Waals surface area contributed by atoms with E-state index >= 15 is 0 Å². The number of hydrogen-bond acceptors (Lipinski definition) is 4. The lowest BCUT2D eigenvalue weighted by molar-refractivity contribution is 0.0674. The molecular formula is C20H23NO5. The average Bonchev–Trinajstić information content (AvgIpc) is 3.12. The van der Waals surface area contributed by atoms with Crippen LogP contribution in [-0.4, -0.2) is 42.1 Å². The monoisotopic (exact) mass is 357 g/mol. The van der Waals surface area contributed by atoms with Crippen molar-refractivity contribution >= 4 is 11.9 Å². The Labute approximate surface area is 152 Å². The first kappa shape index (κ1) is 18.0. The SMILES string of the molecule is CCc1oc(C(=O)N2CCC(c3cccc(OC)c3)CC2)cc1C(=O)O. The molecule has 2 aromatic rings. The quantitative estimate of drug-likeness (QED) is 0.885. The number of carbonyl (C=O) groups is 2. The number of methoxy groups -OCH3 is 1. The highest BCUT2D eigenvalue weighted by atomic mass is 16.5. The molecule has 0 bridgehead atoms. The Morgan fingerprint density at radius 1 is 1.27 bits per heavy atom. The van der Waals surface area contributed by atoms with Gasteiger partial charge in [0.15, 0.2) is 5.76 Å². The lowest BCUT2D eigenvalue weighted by Crippen LogP contribution is -2.37. The molecular weight excluding hydrogens is 334 g/mol. The predicted octanol–water partition coefficient (Wildman–Crippen LogP) is 3.57. The van der Waals surface area contributed by atoms with Crippen molar-refractivity contribution in [2.24, 2.45) is 0 Å². The average molecular weight is 357 g/mol. The van der Waals surface area contributed by atoms with Gasteiger partial charge in [0.05, 0.1) is 7.11 Å². The molecule has 1 N–H and O–H groups in total. The lowest BCUT2D eigenvalue weighted by atomic mass is 9.89. The second-order valence-electron chi connectivity index (χ2n) is 6.45. The minimum absolute atomic E-state index is 0.0714. The van der Waals surface area contributed by atoms with Gasteiger partial charge in [-0.15, -0.1) is 0 Å². The lowest BCUT2D eigenvalue weighted by Gasteiger charge is -2.31. The van der Waals surface area contributed by atoms with Gasteiger partial charge in [-0.25, -0.2) is 4.79 Å². The number of ether oxygens (including phenoxy) is 1. The molecule has 26 heavy (non-hydrogen) atoms. The number of amides is 1. The molecule has 1 aliphatic rings. The molecule has 0 radical (unpaired) electrons. The summed E-state index contributed by atoms with van der Waals surface area (Å²) in [5, 5.41) is 9.21. The number of nitrogens with zero attached hydrogens (tertiary/aromatic N) is 1. The van der Waals surface area contributed by atoms with Gasteiger partial charge in [-0.3, -0.25) is 4.79 Å². The molecule has 1 aliphatic heterocycles. The summed E-state index contributed by atoms with van der Waals surface area (Å²) in [5.41, 5.74) is 1.29. The fourth-order valence-corrected chi connectivity index (χ4v) is 3.44. The van der Waals surface area contributed by atoms with Crippen LogP contribution in [0.25, 0.3) is 0 Å². The summed E-state index contributed by atoms with van der Waals surface area (Å²) < 4.78 is 10.8. The minimum atomic E-state index is -1.07. The van der Waals surface area contributed by atoms with Crippen molar-refractivity contribution in [2.45, 2.75) is 32.1 Å². The third-order valence-electron chi connectivity index (χ3n) is 4.92. The van der Waals surface area contributed by atoms with E-state index in [1.165, 1.54) is 11.6 Å². The Kier molecular flexibility index (Phi) is 5.30. The van der Waals surface area contributed by atoms with Crippen LogP contribution in [0.4, 0.5) is 0 Å². The molecule has 138 valence electrons. The summed E-state index contributed by atoms with van der Waals surface area (Å²) in [5.74, 6) is 0.361. The van der Waals surface area contributed by atoms with Gasteiger partial charge in [-0.2, -0.15) is 0 Å². The summed E-state index contributed by atoms with van der Waals surface area (Å²) in [6.07, 6.45) is 2.14. The van der Waals surface area contributed by atoms with Crippen LogP contribution in [0.15, 0.2) is 34.7 Å². The number of aryl methyl sites for hydroxylation is 1. The summed E-state index contributed by atoms with van der Waals surface area (Å²) in [7, 11) is 1.65. The fourth-order valence-electron chi connectivity index (χ4n) is 3.44. The summed E-state index contributed by atoms with van der Waals surface area (Å²) in [4.78, 5) is 25.7. The van der Waals surface area contributed by atoms with Gasteiger partial charge in [0.1, 0.15) is 17.1 Å². The normalized spacial score (nSPS) is 15.1. The maximum absolute atomic E-state index is 12.7. The van der Waals surface area contributed by atoms with Crippen LogP contribution in [0.3, 0.4) is 0 Å². The van der Waals surface area contributed by atoms with E-state index in [4.69, 9.17) is 9.15 Å². The molecule has 2 heterocycles. The highest BCUT2D eigenvalue weighted by Gasteiger charge is 2.28. The Hall–Kier alpha value is -2.76. The molecule has 3 rings (SSSR count). The molecule has 1 fully saturated rings. The number of carbonyl (C=O) groups excluding carboxylic acids is 1. The fraction of sp³-hybridized carbons (Fsp3) is 0.400. The zero-order valence-electron chi connectivity index (χ0n) is 15.0. The molecule has 0 unspecified atom stereocenters. The van der Waals surface area contributed by atoms with Crippen LogP contribution in [-0.2, 0) is 6.42 Å². The standard InChI is InChI=1S/C20H23NO5/c1-3-17-16(20(23)24)12-18(26-17)19(22)21-9-7-13(8-10-21)14-5-4-6-15(11-14)25-2/h4-6,11-13H,3,7-10H2,1-2H3,(H,23,24). The number of carboxylic acid groups (broad SMARTS) is 1. The summed E-state index contributed by atoms with van der Waals surface area (Å²) in [6.45, 7) is 3.04. The third kappa shape index (κ3) is 3.59. The number of carboxylic acids is 1. The Bertz CT molecular complexity index is 802. The van der Waals surface area contributed by atoms with Gasteiger partial charge in [0.2, 0.25) is 0 Å². The van der Waals surface area contributed by atoms with Gasteiger partial charge in [0.25, 0.3) is 5.91 Å². The van der Waals surface area contributed by atoms with Crippen molar-refractivity contribution in [2.75, 3.05) is 20.2 Å². The molecule has 1 aromatic carbocycles. The van der Waals surface area contributed by atoms with E-state index in [-0.39, 0.29) is 17.2 Å². The number of rotatable bonds is 5. The first-order valence-corrected chi connectivity index (χ1v) is 8.82. The van der Waals surface area contributed by atoms with E-state index in [0.717, 1.165) is 18.6 Å². The molecule has 0 spiro atoms. The Balaban J connectivity index is 1.68. The molecule has 1 saturated heterocycles. The van der Waals surface area contributed by atoms with Crippen molar-refractivity contribution in [1.29, 1.82) is 0 Å². The van der Waals surface area contributed by atoms with Gasteiger partial charge in [-0.05, 0) is 36.5 Å². The van der Waals surface area contributed by atoms with Gasteiger partial charge >= 0.3 is 5.97 Å². The largest absolute Gasteiger partial charge is 0.497 e. The van der Waals surface area contributed by atoms with Crippen molar-refractivity contribution in [3.8, 4) is 5.75 Å². The zero-order valence-corrected chi connectivity index (χ0v) is 15.0. The second kappa shape index (κ2) is 7.64. The van der Waals surface area contributed by atoms with E-state index in [2.05, 4.69) is 6.07 Å². The molecule has 1 amide bonds. The molecule has 6 heteroatoms. The van der Waals surface area contributed by atoms with Gasteiger partial charge < -0.3 is 19.2 Å². The van der Waals surface area contributed by atoms with Crippen LogP contribution in [0.1, 0.15) is 57.9 Å². The van der Waals surface area contributed by atoms with E-state index in [1.807, 2.05) is 18.2 Å². The number of furan rings is 1. The maximum Gasteiger partial charge on any atom is 0.339 e. The molecule has 0 aliphatic carbocycles. The first-order chi connectivity index (χ1) is 12.5. The summed E-state index contributed by atoms with van der Waals surface area (Å²) in [6, 6.07) is 9.38. The minimum Gasteiger partial charge on any atom is -0.497 e. The highest BCUT2D eigenvalue weighted by Crippen LogP contribution is 2.31. The molecule has 0 atom stereocenters. The second-order valence-corrected chi connectivity index (χ2v) is 6.45. The van der Waals surface area contributed by atoms with Crippen LogP contribution >= 0.6 is 0 Å². The van der Waals surface area contributed by atoms with Crippen molar-refractivity contribution in [1.82, 2.24) is 4.90 Å². The molecule has 6 nitrogen and oxygen atoms in total. The number of piperidine rings is 1. The third-order valence-corrected chi connectivity index (χ3v) is 4.92. The van der Waals surface area contributed by atoms with Crippen LogP contribution < -0.4 is 4.74 Å². The van der Waals surface area contributed by atoms with Crippen molar-refractivity contribution in [3.63, 3.8) is 0 Å². The van der Waals surface area contributed by atoms with E-state index in [0.29, 0.717) is 31.2 Å². The van der Waals surface area contributed by atoms with Crippen LogP contribution in [0, 0.1) is 0 Å². The van der Waals surface area contributed by atoms with Crippen LogP contribution in [0.5, 0.6) is 5.75 Å². The van der Waals surface area contributed by atoms with E-state index in [9.17, 15) is 14.7 Å². The molecule has 1 aromatic heterocycles. The molecule has 0 saturated carbocycles. The Morgan fingerprint density at radius 2 is 2.00 bits per heavy atom. The number of aromatic carboxylic acids is 1. The highest BCUT2D eigenvalue weighted by molar-refractivity contribution is 5.96. The van der Waals surface area contributed by atoms with Crippen molar-refractivity contribution in [3.05, 3.63) is 53.0 Å². The van der Waals surface area contributed by atoms with Gasteiger partial charge in [-0.1, -0.05) is 19.1 Å². The maximum atomic E-state index is 12.7. The smallest absolute Gasteiger partial charge is 0.339 e.